The van der Waals surface area contributed by atoms with Crippen LogP contribution in [0.5, 0.6) is 0 Å². The molecule has 1 amide bonds. The SMILES string of the molecule is COCCNC(=NCC(=O)N(C)C)N1CCC(CN2CCOCC2)C1. The van der Waals surface area contributed by atoms with Crippen LogP contribution in [0.2, 0.25) is 0 Å². The third-order valence-corrected chi connectivity index (χ3v) is 4.66. The Morgan fingerprint density at radius 1 is 1.32 bits per heavy atom. The molecule has 144 valence electrons. The van der Waals surface area contributed by atoms with Gasteiger partial charge in [-0.25, -0.2) is 4.99 Å². The molecule has 8 nitrogen and oxygen atoms in total. The number of morpholine rings is 1. The number of likely N-dealkylation sites (tertiary alicyclic amines) is 1. The first-order valence-electron chi connectivity index (χ1n) is 9.12. The van der Waals surface area contributed by atoms with Gasteiger partial charge in [0.05, 0.1) is 19.8 Å². The minimum atomic E-state index is 0.00936. The van der Waals surface area contributed by atoms with E-state index in [4.69, 9.17) is 9.47 Å². The molecule has 0 saturated carbocycles. The van der Waals surface area contributed by atoms with Gasteiger partial charge in [-0.1, -0.05) is 0 Å². The number of carbonyl (C=O) groups is 1. The summed E-state index contributed by atoms with van der Waals surface area (Å²) >= 11 is 0. The first-order chi connectivity index (χ1) is 12.1. The molecule has 1 unspecified atom stereocenters. The summed E-state index contributed by atoms with van der Waals surface area (Å²) in [5.74, 6) is 1.46. The summed E-state index contributed by atoms with van der Waals surface area (Å²) in [6, 6.07) is 0. The molecule has 25 heavy (non-hydrogen) atoms. The average Bonchev–Trinajstić information content (AvgIpc) is 3.06. The Bertz CT molecular complexity index is 438. The first kappa shape index (κ1) is 19.9. The monoisotopic (exact) mass is 355 g/mol. The summed E-state index contributed by atoms with van der Waals surface area (Å²) in [6.07, 6.45) is 1.16. The number of amides is 1. The van der Waals surface area contributed by atoms with Gasteiger partial charge in [0.2, 0.25) is 5.91 Å². The molecule has 1 atom stereocenters. The molecule has 2 aliphatic rings. The number of methoxy groups -OCH3 is 1. The average molecular weight is 355 g/mol. The van der Waals surface area contributed by atoms with Crippen molar-refractivity contribution in [3.63, 3.8) is 0 Å². The van der Waals surface area contributed by atoms with E-state index < -0.39 is 0 Å². The molecule has 2 fully saturated rings. The van der Waals surface area contributed by atoms with Gasteiger partial charge in [0.15, 0.2) is 5.96 Å². The van der Waals surface area contributed by atoms with Crippen LogP contribution in [0.1, 0.15) is 6.42 Å². The normalized spacial score (nSPS) is 22.3. The Balaban J connectivity index is 1.87. The highest BCUT2D eigenvalue weighted by Crippen LogP contribution is 2.18. The number of hydrogen-bond donors (Lipinski definition) is 1. The van der Waals surface area contributed by atoms with E-state index in [1.165, 1.54) is 0 Å². The molecule has 0 aromatic rings. The van der Waals surface area contributed by atoms with E-state index in [1.807, 2.05) is 0 Å². The van der Waals surface area contributed by atoms with E-state index in [-0.39, 0.29) is 12.5 Å². The molecule has 8 heteroatoms. The van der Waals surface area contributed by atoms with Crippen LogP contribution in [0, 0.1) is 5.92 Å². The van der Waals surface area contributed by atoms with Crippen molar-refractivity contribution in [1.29, 1.82) is 0 Å². The zero-order chi connectivity index (χ0) is 18.1. The number of rotatable bonds is 7. The summed E-state index contributed by atoms with van der Waals surface area (Å²) in [6.45, 7) is 8.29. The van der Waals surface area contributed by atoms with E-state index >= 15 is 0 Å². The Labute approximate surface area is 151 Å². The van der Waals surface area contributed by atoms with Crippen LogP contribution in [-0.2, 0) is 14.3 Å². The quantitative estimate of drug-likeness (QED) is 0.371. The molecular weight excluding hydrogens is 322 g/mol. The maximum absolute atomic E-state index is 11.8. The van der Waals surface area contributed by atoms with E-state index in [0.29, 0.717) is 19.1 Å². The lowest BCUT2D eigenvalue weighted by atomic mass is 10.1. The largest absolute Gasteiger partial charge is 0.383 e. The summed E-state index contributed by atoms with van der Waals surface area (Å²) in [7, 11) is 5.19. The Morgan fingerprint density at radius 2 is 2.08 bits per heavy atom. The molecular formula is C17H33N5O3. The second-order valence-electron chi connectivity index (χ2n) is 6.86. The summed E-state index contributed by atoms with van der Waals surface area (Å²) < 4.78 is 10.5. The van der Waals surface area contributed by atoms with Crippen LogP contribution >= 0.6 is 0 Å². The number of aliphatic imine (C=N–C) groups is 1. The maximum atomic E-state index is 11.8. The lowest BCUT2D eigenvalue weighted by molar-refractivity contribution is -0.127. The van der Waals surface area contributed by atoms with Gasteiger partial charge in [-0.3, -0.25) is 9.69 Å². The van der Waals surface area contributed by atoms with E-state index in [9.17, 15) is 4.79 Å². The van der Waals surface area contributed by atoms with Crippen molar-refractivity contribution < 1.29 is 14.3 Å². The maximum Gasteiger partial charge on any atom is 0.243 e. The second-order valence-corrected chi connectivity index (χ2v) is 6.86. The van der Waals surface area contributed by atoms with Crippen LogP contribution in [0.25, 0.3) is 0 Å². The highest BCUT2D eigenvalue weighted by Gasteiger charge is 2.27. The Kier molecular flexibility index (Phi) is 8.43. The Morgan fingerprint density at radius 3 is 2.76 bits per heavy atom. The molecule has 2 saturated heterocycles. The van der Waals surface area contributed by atoms with Crippen LogP contribution in [0.4, 0.5) is 0 Å². The minimum Gasteiger partial charge on any atom is -0.383 e. The van der Waals surface area contributed by atoms with E-state index in [0.717, 1.165) is 58.3 Å². The fourth-order valence-corrected chi connectivity index (χ4v) is 3.14. The highest BCUT2D eigenvalue weighted by molar-refractivity contribution is 5.85. The van der Waals surface area contributed by atoms with Gasteiger partial charge in [0, 0.05) is 60.5 Å². The lowest BCUT2D eigenvalue weighted by Gasteiger charge is -2.29. The van der Waals surface area contributed by atoms with Gasteiger partial charge in [0.1, 0.15) is 6.54 Å². The smallest absolute Gasteiger partial charge is 0.243 e. The molecule has 0 bridgehead atoms. The van der Waals surface area contributed by atoms with Crippen molar-refractivity contribution in [3.8, 4) is 0 Å². The standard InChI is InChI=1S/C17H33N5O3/c1-20(2)16(23)12-19-17(18-5-9-24-3)22-6-4-15(14-22)13-21-7-10-25-11-8-21/h15H,4-14H2,1-3H3,(H,18,19). The molecule has 0 aromatic heterocycles. The molecule has 2 rings (SSSR count). The Hall–Kier alpha value is -1.38. The number of hydrogen-bond acceptors (Lipinski definition) is 5. The van der Waals surface area contributed by atoms with Crippen molar-refractivity contribution in [2.24, 2.45) is 10.9 Å². The number of likely N-dealkylation sites (N-methyl/N-ethyl adjacent to an activating group) is 1. The summed E-state index contributed by atoms with van der Waals surface area (Å²) in [4.78, 5) is 22.7. The summed E-state index contributed by atoms with van der Waals surface area (Å²) in [5, 5.41) is 3.33. The third kappa shape index (κ3) is 6.80. The molecule has 0 radical (unpaired) electrons. The zero-order valence-corrected chi connectivity index (χ0v) is 15.9. The second kappa shape index (κ2) is 10.6. The molecule has 1 N–H and O–H groups in total. The number of nitrogens with one attached hydrogen (secondary N) is 1. The zero-order valence-electron chi connectivity index (χ0n) is 15.9. The van der Waals surface area contributed by atoms with Crippen LogP contribution in [0.3, 0.4) is 0 Å². The molecule has 0 aromatic carbocycles. The fraction of sp³-hybridized carbons (Fsp3) is 0.882. The number of ether oxygens (including phenoxy) is 2. The van der Waals surface area contributed by atoms with Crippen LogP contribution in [0.15, 0.2) is 4.99 Å². The minimum absolute atomic E-state index is 0.00936. The lowest BCUT2D eigenvalue weighted by Crippen LogP contribution is -2.43. The van der Waals surface area contributed by atoms with Gasteiger partial charge >= 0.3 is 0 Å². The molecule has 0 spiro atoms. The van der Waals surface area contributed by atoms with Crippen molar-refractivity contribution in [1.82, 2.24) is 20.0 Å². The topological polar surface area (TPSA) is 69.6 Å². The van der Waals surface area contributed by atoms with Crippen LogP contribution < -0.4 is 5.32 Å². The van der Waals surface area contributed by atoms with E-state index in [2.05, 4.69) is 20.1 Å². The third-order valence-electron chi connectivity index (χ3n) is 4.66. The number of nitrogens with zero attached hydrogens (tertiary/aromatic N) is 4. The summed E-state index contributed by atoms with van der Waals surface area (Å²) in [5.41, 5.74) is 0. The van der Waals surface area contributed by atoms with E-state index in [1.54, 1.807) is 26.1 Å². The number of carbonyl (C=O) groups excluding carboxylic acids is 1. The predicted octanol–water partition coefficient (Wildman–Crippen LogP) is -0.679. The van der Waals surface area contributed by atoms with Gasteiger partial charge in [-0.2, -0.15) is 0 Å². The van der Waals surface area contributed by atoms with Crippen LogP contribution in [-0.4, -0.2) is 113 Å². The highest BCUT2D eigenvalue weighted by atomic mass is 16.5. The van der Waals surface area contributed by atoms with Crippen molar-refractivity contribution in [3.05, 3.63) is 0 Å². The molecule has 2 aliphatic heterocycles. The van der Waals surface area contributed by atoms with Gasteiger partial charge < -0.3 is 24.6 Å². The van der Waals surface area contributed by atoms with Gasteiger partial charge in [-0.15, -0.1) is 0 Å². The van der Waals surface area contributed by atoms with Gasteiger partial charge in [-0.05, 0) is 12.3 Å². The number of guanidine groups is 1. The first-order valence-corrected chi connectivity index (χ1v) is 9.12. The fourth-order valence-electron chi connectivity index (χ4n) is 3.14. The van der Waals surface area contributed by atoms with Gasteiger partial charge in [0.25, 0.3) is 0 Å². The predicted molar refractivity (Wildman–Crippen MR) is 97.8 cm³/mol. The molecule has 0 aliphatic carbocycles. The van der Waals surface area contributed by atoms with Crippen molar-refractivity contribution in [2.75, 3.05) is 86.8 Å². The molecule has 2 heterocycles. The van der Waals surface area contributed by atoms with Crippen molar-refractivity contribution in [2.45, 2.75) is 6.42 Å². The van der Waals surface area contributed by atoms with Crippen molar-refractivity contribution >= 4 is 11.9 Å².